The largest absolute Gasteiger partial charge is 0.462 e. The molecule has 402 valence electrons. The van der Waals surface area contributed by atoms with E-state index >= 15 is 0 Å². The lowest BCUT2D eigenvalue weighted by Gasteiger charge is -2.18. The molecule has 0 aliphatic heterocycles. The Morgan fingerprint density at radius 1 is 0.290 bits per heavy atom. The first-order valence-electron chi connectivity index (χ1n) is 30.1. The zero-order valence-corrected chi connectivity index (χ0v) is 46.1. The summed E-state index contributed by atoms with van der Waals surface area (Å²) in [6, 6.07) is 0. The van der Waals surface area contributed by atoms with E-state index in [4.69, 9.17) is 14.2 Å². The molecule has 0 saturated heterocycles. The number of hydrogen-bond acceptors (Lipinski definition) is 6. The van der Waals surface area contributed by atoms with Crippen molar-refractivity contribution in [3.05, 3.63) is 48.6 Å². The molecule has 0 heterocycles. The summed E-state index contributed by atoms with van der Waals surface area (Å²) in [5.74, 6) is -0.891. The highest BCUT2D eigenvalue weighted by Gasteiger charge is 2.19. The maximum absolute atomic E-state index is 12.8. The van der Waals surface area contributed by atoms with Gasteiger partial charge in [-0.05, 0) is 96.3 Å². The van der Waals surface area contributed by atoms with E-state index in [0.717, 1.165) is 89.9 Å². The molecule has 1 atom stereocenters. The van der Waals surface area contributed by atoms with Crippen LogP contribution in [-0.2, 0) is 28.6 Å². The summed E-state index contributed by atoms with van der Waals surface area (Å²) in [5.41, 5.74) is 0. The quantitative estimate of drug-likeness (QED) is 0.0262. The van der Waals surface area contributed by atoms with Gasteiger partial charge in [-0.1, -0.05) is 249 Å². The molecular formula is C63H114O6. The van der Waals surface area contributed by atoms with Crippen LogP contribution in [-0.4, -0.2) is 37.2 Å². The fraction of sp³-hybridized carbons (Fsp3) is 0.825. The van der Waals surface area contributed by atoms with Crippen molar-refractivity contribution in [2.75, 3.05) is 13.2 Å². The second kappa shape index (κ2) is 57.9. The van der Waals surface area contributed by atoms with Gasteiger partial charge >= 0.3 is 17.9 Å². The molecule has 6 nitrogen and oxygen atoms in total. The van der Waals surface area contributed by atoms with Crippen molar-refractivity contribution in [2.24, 2.45) is 0 Å². The molecule has 0 aliphatic carbocycles. The van der Waals surface area contributed by atoms with Crippen LogP contribution in [0.3, 0.4) is 0 Å². The minimum Gasteiger partial charge on any atom is -0.462 e. The Morgan fingerprint density at radius 3 is 0.884 bits per heavy atom. The normalized spacial score (nSPS) is 12.3. The highest BCUT2D eigenvalue weighted by molar-refractivity contribution is 5.71. The predicted molar refractivity (Wildman–Crippen MR) is 298 cm³/mol. The van der Waals surface area contributed by atoms with E-state index in [9.17, 15) is 14.4 Å². The van der Waals surface area contributed by atoms with Gasteiger partial charge in [0.25, 0.3) is 0 Å². The van der Waals surface area contributed by atoms with Crippen LogP contribution in [0, 0.1) is 0 Å². The van der Waals surface area contributed by atoms with E-state index in [0.29, 0.717) is 19.3 Å². The zero-order valence-electron chi connectivity index (χ0n) is 46.1. The van der Waals surface area contributed by atoms with E-state index in [1.807, 2.05) is 0 Å². The molecule has 0 fully saturated rings. The minimum absolute atomic E-state index is 0.0796. The van der Waals surface area contributed by atoms with Gasteiger partial charge in [0, 0.05) is 19.3 Å². The molecule has 1 unspecified atom stereocenters. The molecule has 0 radical (unpaired) electrons. The lowest BCUT2D eigenvalue weighted by atomic mass is 10.0. The Kier molecular flexibility index (Phi) is 55.7. The highest BCUT2D eigenvalue weighted by atomic mass is 16.6. The Labute approximate surface area is 428 Å². The number of ether oxygens (including phenoxy) is 3. The third kappa shape index (κ3) is 56.2. The van der Waals surface area contributed by atoms with Gasteiger partial charge in [-0.15, -0.1) is 0 Å². The Morgan fingerprint density at radius 2 is 0.536 bits per heavy atom. The monoisotopic (exact) mass is 967 g/mol. The molecule has 0 aromatic rings. The van der Waals surface area contributed by atoms with E-state index in [1.54, 1.807) is 0 Å². The van der Waals surface area contributed by atoms with E-state index in [2.05, 4.69) is 69.4 Å². The Hall–Kier alpha value is -2.63. The second-order valence-corrected chi connectivity index (χ2v) is 20.2. The Balaban J connectivity index is 4.23. The average molecular weight is 968 g/mol. The predicted octanol–water partition coefficient (Wildman–Crippen LogP) is 20.2. The fourth-order valence-corrected chi connectivity index (χ4v) is 8.69. The molecule has 0 aromatic carbocycles. The minimum atomic E-state index is -0.782. The molecule has 0 amide bonds. The SMILES string of the molecule is CCCC/C=C\C/C=C\CCCCCCCC(=O)OC(COC(=O)CCCCCCC/C=C\CCCCC)COC(=O)CCCCCCCCCCCCCCC/C=C\CCCCCCCCCC. The van der Waals surface area contributed by atoms with Crippen molar-refractivity contribution in [1.82, 2.24) is 0 Å². The van der Waals surface area contributed by atoms with Crippen LogP contribution < -0.4 is 0 Å². The van der Waals surface area contributed by atoms with Gasteiger partial charge < -0.3 is 14.2 Å². The van der Waals surface area contributed by atoms with Crippen LogP contribution in [0.15, 0.2) is 48.6 Å². The summed E-state index contributed by atoms with van der Waals surface area (Å²) in [5, 5.41) is 0. The standard InChI is InChI=1S/C63H114O6/c1-4-7-10-13-16-19-22-25-27-28-29-30-31-32-33-34-35-36-37-39-41-44-47-50-53-56-62(65)68-59-60(58-67-61(64)55-52-49-46-43-40-24-21-18-15-12-9-6-3)69-63(66)57-54-51-48-45-42-38-26-23-20-17-14-11-8-5-2/h14,17-18,21,23,26,28-29,60H,4-13,15-16,19-20,22,24-25,27,30-59H2,1-3H3/b17-14-,21-18-,26-23-,29-28-. The average Bonchev–Trinajstić information content (AvgIpc) is 3.35. The second-order valence-electron chi connectivity index (χ2n) is 20.2. The van der Waals surface area contributed by atoms with Crippen molar-refractivity contribution in [1.29, 1.82) is 0 Å². The maximum atomic E-state index is 12.8. The van der Waals surface area contributed by atoms with Gasteiger partial charge in [0.05, 0.1) is 0 Å². The van der Waals surface area contributed by atoms with Crippen molar-refractivity contribution in [3.63, 3.8) is 0 Å². The number of carbonyl (C=O) groups excluding carboxylic acids is 3. The topological polar surface area (TPSA) is 78.9 Å². The Bertz CT molecular complexity index is 1200. The highest BCUT2D eigenvalue weighted by Crippen LogP contribution is 2.16. The van der Waals surface area contributed by atoms with Gasteiger partial charge in [-0.25, -0.2) is 0 Å². The third-order valence-corrected chi connectivity index (χ3v) is 13.3. The first-order chi connectivity index (χ1) is 34.0. The summed E-state index contributed by atoms with van der Waals surface area (Å²) in [6.45, 7) is 6.59. The molecule has 0 spiro atoms. The lowest BCUT2D eigenvalue weighted by Crippen LogP contribution is -2.30. The molecule has 0 aromatic heterocycles. The number of rotatable bonds is 55. The van der Waals surface area contributed by atoms with Crippen molar-refractivity contribution >= 4 is 17.9 Å². The molecule has 0 saturated carbocycles. The number of hydrogen-bond donors (Lipinski definition) is 0. The van der Waals surface area contributed by atoms with Crippen LogP contribution in [0.25, 0.3) is 0 Å². The fourth-order valence-electron chi connectivity index (χ4n) is 8.69. The smallest absolute Gasteiger partial charge is 0.306 e. The first kappa shape index (κ1) is 66.4. The number of unbranched alkanes of at least 4 members (excludes halogenated alkanes) is 36. The molecule has 6 heteroatoms. The number of carbonyl (C=O) groups is 3. The van der Waals surface area contributed by atoms with E-state index in [1.165, 1.54) is 186 Å². The molecular weight excluding hydrogens is 853 g/mol. The van der Waals surface area contributed by atoms with Crippen molar-refractivity contribution in [2.45, 2.75) is 322 Å². The number of esters is 3. The summed E-state index contributed by atoms with van der Waals surface area (Å²) in [4.78, 5) is 38.1. The molecule has 0 N–H and O–H groups in total. The van der Waals surface area contributed by atoms with Crippen molar-refractivity contribution in [3.8, 4) is 0 Å². The van der Waals surface area contributed by atoms with E-state index < -0.39 is 6.10 Å². The first-order valence-corrected chi connectivity index (χ1v) is 30.1. The van der Waals surface area contributed by atoms with E-state index in [-0.39, 0.29) is 31.1 Å². The van der Waals surface area contributed by atoms with Crippen LogP contribution in [0.2, 0.25) is 0 Å². The summed E-state index contributed by atoms with van der Waals surface area (Å²) >= 11 is 0. The van der Waals surface area contributed by atoms with Crippen LogP contribution in [0.4, 0.5) is 0 Å². The van der Waals surface area contributed by atoms with Gasteiger partial charge in [0.2, 0.25) is 0 Å². The van der Waals surface area contributed by atoms with Crippen molar-refractivity contribution < 1.29 is 28.6 Å². The van der Waals surface area contributed by atoms with Gasteiger partial charge in [-0.2, -0.15) is 0 Å². The summed E-state index contributed by atoms with van der Waals surface area (Å²) < 4.78 is 16.8. The van der Waals surface area contributed by atoms with Crippen LogP contribution in [0.5, 0.6) is 0 Å². The van der Waals surface area contributed by atoms with Gasteiger partial charge in [-0.3, -0.25) is 14.4 Å². The molecule has 69 heavy (non-hydrogen) atoms. The lowest BCUT2D eigenvalue weighted by molar-refractivity contribution is -0.167. The van der Waals surface area contributed by atoms with Crippen LogP contribution in [0.1, 0.15) is 316 Å². The van der Waals surface area contributed by atoms with Gasteiger partial charge in [0.1, 0.15) is 13.2 Å². The van der Waals surface area contributed by atoms with Crippen LogP contribution >= 0.6 is 0 Å². The molecule has 0 bridgehead atoms. The molecule has 0 aliphatic rings. The van der Waals surface area contributed by atoms with Gasteiger partial charge in [0.15, 0.2) is 6.10 Å². The number of allylic oxidation sites excluding steroid dienone is 8. The summed E-state index contributed by atoms with van der Waals surface area (Å²) in [7, 11) is 0. The molecule has 0 rings (SSSR count). The maximum Gasteiger partial charge on any atom is 0.306 e. The zero-order chi connectivity index (χ0) is 50.0. The summed E-state index contributed by atoms with van der Waals surface area (Å²) in [6.07, 6.45) is 71.2. The third-order valence-electron chi connectivity index (χ3n) is 13.3.